The van der Waals surface area contributed by atoms with Crippen LogP contribution < -0.4 is 16.2 Å². The SMILES string of the molecule is NNc1cccc(N2CCCN(CCO)CC2)n1. The summed E-state index contributed by atoms with van der Waals surface area (Å²) < 4.78 is 0. The highest BCUT2D eigenvalue weighted by atomic mass is 16.3. The predicted molar refractivity (Wildman–Crippen MR) is 72.4 cm³/mol. The van der Waals surface area contributed by atoms with Crippen molar-refractivity contribution in [3.63, 3.8) is 0 Å². The largest absolute Gasteiger partial charge is 0.395 e. The van der Waals surface area contributed by atoms with E-state index >= 15 is 0 Å². The first-order valence-electron chi connectivity index (χ1n) is 6.35. The Balaban J connectivity index is 2.00. The van der Waals surface area contributed by atoms with Gasteiger partial charge in [0.2, 0.25) is 0 Å². The Hall–Kier alpha value is -1.37. The molecule has 1 fully saturated rings. The van der Waals surface area contributed by atoms with Crippen molar-refractivity contribution >= 4 is 11.6 Å². The van der Waals surface area contributed by atoms with Gasteiger partial charge in [0.05, 0.1) is 6.61 Å². The molecule has 1 aliphatic heterocycles. The maximum absolute atomic E-state index is 8.97. The van der Waals surface area contributed by atoms with Gasteiger partial charge in [-0.05, 0) is 25.1 Å². The monoisotopic (exact) mass is 251 g/mol. The Kier molecular flexibility index (Phi) is 4.74. The molecule has 2 rings (SSSR count). The zero-order valence-corrected chi connectivity index (χ0v) is 10.5. The van der Waals surface area contributed by atoms with E-state index in [0.29, 0.717) is 5.82 Å². The molecule has 0 aromatic carbocycles. The molecule has 1 aromatic heterocycles. The Morgan fingerprint density at radius 1 is 1.28 bits per heavy atom. The molecule has 18 heavy (non-hydrogen) atoms. The van der Waals surface area contributed by atoms with Crippen molar-refractivity contribution in [3.8, 4) is 0 Å². The number of hydrazine groups is 1. The van der Waals surface area contributed by atoms with Crippen LogP contribution in [0.3, 0.4) is 0 Å². The van der Waals surface area contributed by atoms with Crippen molar-refractivity contribution in [1.29, 1.82) is 0 Å². The van der Waals surface area contributed by atoms with Gasteiger partial charge in [-0.15, -0.1) is 0 Å². The van der Waals surface area contributed by atoms with Gasteiger partial charge in [0.25, 0.3) is 0 Å². The first kappa shape index (κ1) is 13.1. The highest BCUT2D eigenvalue weighted by molar-refractivity contribution is 5.46. The molecule has 0 bridgehead atoms. The van der Waals surface area contributed by atoms with E-state index < -0.39 is 0 Å². The molecule has 100 valence electrons. The summed E-state index contributed by atoms with van der Waals surface area (Å²) in [5.74, 6) is 7.01. The number of β-amino-alcohol motifs (C(OH)–C–C–N with tert-alkyl or cyclic N) is 1. The maximum atomic E-state index is 8.97. The molecule has 2 heterocycles. The molecule has 4 N–H and O–H groups in total. The number of anilines is 2. The lowest BCUT2D eigenvalue weighted by molar-refractivity contribution is 0.204. The molecule has 0 spiro atoms. The van der Waals surface area contributed by atoms with Crippen molar-refractivity contribution in [2.45, 2.75) is 6.42 Å². The summed E-state index contributed by atoms with van der Waals surface area (Å²) in [6, 6.07) is 5.80. The second kappa shape index (κ2) is 6.53. The van der Waals surface area contributed by atoms with Crippen LogP contribution in [0.1, 0.15) is 6.42 Å². The van der Waals surface area contributed by atoms with Crippen LogP contribution in [0.5, 0.6) is 0 Å². The van der Waals surface area contributed by atoms with Crippen LogP contribution >= 0.6 is 0 Å². The summed E-state index contributed by atoms with van der Waals surface area (Å²) in [4.78, 5) is 8.99. The Labute approximate surface area is 107 Å². The minimum absolute atomic E-state index is 0.227. The van der Waals surface area contributed by atoms with Gasteiger partial charge in [0.1, 0.15) is 11.6 Å². The average Bonchev–Trinajstić information content (AvgIpc) is 2.65. The molecule has 1 saturated heterocycles. The zero-order chi connectivity index (χ0) is 12.8. The van der Waals surface area contributed by atoms with Gasteiger partial charge in [-0.2, -0.15) is 0 Å². The highest BCUT2D eigenvalue weighted by Gasteiger charge is 2.15. The van der Waals surface area contributed by atoms with Crippen molar-refractivity contribution in [2.24, 2.45) is 5.84 Å². The standard InChI is InChI=1S/C12H21N5O/c13-15-11-3-1-4-12(14-11)17-6-2-5-16(7-8-17)9-10-18/h1,3-4,18H,2,5-10,13H2,(H,14,15). The summed E-state index contributed by atoms with van der Waals surface area (Å²) in [6.45, 7) is 4.90. The third-order valence-electron chi connectivity index (χ3n) is 3.21. The van der Waals surface area contributed by atoms with Gasteiger partial charge in [-0.3, -0.25) is 4.90 Å². The predicted octanol–water partition coefficient (Wildman–Crippen LogP) is -0.128. The van der Waals surface area contributed by atoms with E-state index in [1.54, 1.807) is 0 Å². The van der Waals surface area contributed by atoms with Crippen LogP contribution in [0.15, 0.2) is 18.2 Å². The van der Waals surface area contributed by atoms with Gasteiger partial charge in [0, 0.05) is 26.2 Å². The summed E-state index contributed by atoms with van der Waals surface area (Å²) in [5.41, 5.74) is 2.57. The number of nitrogens with two attached hydrogens (primary N) is 1. The number of nitrogen functional groups attached to an aromatic ring is 1. The fraction of sp³-hybridized carbons (Fsp3) is 0.583. The third kappa shape index (κ3) is 3.32. The zero-order valence-electron chi connectivity index (χ0n) is 10.5. The number of nitrogens with zero attached hydrogens (tertiary/aromatic N) is 3. The fourth-order valence-corrected chi connectivity index (χ4v) is 2.24. The first-order chi connectivity index (χ1) is 8.83. The average molecular weight is 251 g/mol. The van der Waals surface area contributed by atoms with Crippen molar-refractivity contribution in [3.05, 3.63) is 18.2 Å². The van der Waals surface area contributed by atoms with Gasteiger partial charge in [-0.25, -0.2) is 10.8 Å². The lowest BCUT2D eigenvalue weighted by Crippen LogP contribution is -2.32. The number of hydrogen-bond donors (Lipinski definition) is 3. The maximum Gasteiger partial charge on any atom is 0.142 e. The molecular formula is C12H21N5O. The summed E-state index contributed by atoms with van der Waals surface area (Å²) in [5, 5.41) is 8.97. The minimum atomic E-state index is 0.227. The van der Waals surface area contributed by atoms with Crippen LogP contribution in [0.4, 0.5) is 11.6 Å². The molecule has 0 radical (unpaired) electrons. The normalized spacial score (nSPS) is 17.6. The molecule has 6 heteroatoms. The molecule has 0 aliphatic carbocycles. The molecule has 1 aromatic rings. The van der Waals surface area contributed by atoms with Gasteiger partial charge in [-0.1, -0.05) is 6.07 Å². The number of rotatable bonds is 4. The Bertz CT molecular complexity index is 373. The van der Waals surface area contributed by atoms with Gasteiger partial charge >= 0.3 is 0 Å². The van der Waals surface area contributed by atoms with Crippen LogP contribution in [-0.4, -0.2) is 54.3 Å². The lowest BCUT2D eigenvalue weighted by Gasteiger charge is -2.22. The number of nitrogens with one attached hydrogen (secondary N) is 1. The number of hydrogen-bond acceptors (Lipinski definition) is 6. The molecule has 0 unspecified atom stereocenters. The van der Waals surface area contributed by atoms with Gasteiger partial charge < -0.3 is 15.4 Å². The molecule has 6 nitrogen and oxygen atoms in total. The quantitative estimate of drug-likeness (QED) is 0.511. The highest BCUT2D eigenvalue weighted by Crippen LogP contribution is 2.15. The third-order valence-corrected chi connectivity index (χ3v) is 3.21. The topological polar surface area (TPSA) is 77.7 Å². The molecular weight excluding hydrogens is 230 g/mol. The van der Waals surface area contributed by atoms with E-state index in [4.69, 9.17) is 10.9 Å². The van der Waals surface area contributed by atoms with E-state index in [1.807, 2.05) is 18.2 Å². The van der Waals surface area contributed by atoms with Crippen LogP contribution in [0.25, 0.3) is 0 Å². The Morgan fingerprint density at radius 2 is 2.17 bits per heavy atom. The van der Waals surface area contributed by atoms with Crippen LogP contribution in [0, 0.1) is 0 Å². The van der Waals surface area contributed by atoms with Gasteiger partial charge in [0.15, 0.2) is 0 Å². The smallest absolute Gasteiger partial charge is 0.142 e. The van der Waals surface area contributed by atoms with Crippen molar-refractivity contribution in [2.75, 3.05) is 49.7 Å². The molecule has 0 saturated carbocycles. The van der Waals surface area contributed by atoms with E-state index in [0.717, 1.165) is 45.0 Å². The van der Waals surface area contributed by atoms with E-state index in [9.17, 15) is 0 Å². The minimum Gasteiger partial charge on any atom is -0.395 e. The van der Waals surface area contributed by atoms with E-state index in [1.165, 1.54) is 0 Å². The number of aromatic nitrogens is 1. The molecule has 0 atom stereocenters. The Morgan fingerprint density at radius 3 is 2.94 bits per heavy atom. The summed E-state index contributed by atoms with van der Waals surface area (Å²) >= 11 is 0. The fourth-order valence-electron chi connectivity index (χ4n) is 2.24. The first-order valence-corrected chi connectivity index (χ1v) is 6.35. The number of aliphatic hydroxyl groups excluding tert-OH is 1. The lowest BCUT2D eigenvalue weighted by atomic mass is 10.3. The van der Waals surface area contributed by atoms with Crippen LogP contribution in [0.2, 0.25) is 0 Å². The second-order valence-corrected chi connectivity index (χ2v) is 4.43. The van der Waals surface area contributed by atoms with E-state index in [2.05, 4.69) is 20.2 Å². The second-order valence-electron chi connectivity index (χ2n) is 4.43. The molecule has 0 amide bonds. The molecule has 1 aliphatic rings. The van der Waals surface area contributed by atoms with Crippen molar-refractivity contribution < 1.29 is 5.11 Å². The number of pyridine rings is 1. The van der Waals surface area contributed by atoms with Crippen molar-refractivity contribution in [1.82, 2.24) is 9.88 Å². The summed E-state index contributed by atoms with van der Waals surface area (Å²) in [7, 11) is 0. The summed E-state index contributed by atoms with van der Waals surface area (Å²) in [6.07, 6.45) is 1.09. The van der Waals surface area contributed by atoms with Crippen LogP contribution in [-0.2, 0) is 0 Å². The van der Waals surface area contributed by atoms with E-state index in [-0.39, 0.29) is 6.61 Å². The number of aliphatic hydroxyl groups is 1.